The third-order valence-electron chi connectivity index (χ3n) is 3.73. The molecule has 0 aromatic rings. The molecule has 0 aromatic carbocycles. The van der Waals surface area contributed by atoms with E-state index in [1.54, 1.807) is 0 Å². The third-order valence-corrected chi connectivity index (χ3v) is 3.73. The summed E-state index contributed by atoms with van der Waals surface area (Å²) < 4.78 is 0. The van der Waals surface area contributed by atoms with Gasteiger partial charge in [0.25, 0.3) is 0 Å². The second kappa shape index (κ2) is 15.5. The van der Waals surface area contributed by atoms with Crippen LogP contribution in [0.2, 0.25) is 0 Å². The molecule has 3 heteroatoms. The zero-order valence-corrected chi connectivity index (χ0v) is 13.4. The van der Waals surface area contributed by atoms with E-state index < -0.39 is 5.97 Å². The minimum Gasteiger partial charge on any atom is -0.550 e. The van der Waals surface area contributed by atoms with Crippen LogP contribution in [0.1, 0.15) is 90.9 Å². The first-order chi connectivity index (χ1) is 8.72. The quantitative estimate of drug-likeness (QED) is 0.503. The van der Waals surface area contributed by atoms with Crippen LogP contribution < -0.4 is 11.3 Å². The summed E-state index contributed by atoms with van der Waals surface area (Å²) >= 11 is 0. The zero-order chi connectivity index (χ0) is 13.6. The fourth-order valence-corrected chi connectivity index (χ4v) is 2.37. The second-order valence-electron chi connectivity index (χ2n) is 5.39. The highest BCUT2D eigenvalue weighted by atomic mass is 16.4. The van der Waals surface area contributed by atoms with Crippen LogP contribution in [0.3, 0.4) is 0 Å². The second-order valence-corrected chi connectivity index (χ2v) is 5.39. The molecule has 0 heterocycles. The molecule has 0 rings (SSSR count). The number of quaternary nitrogens is 1. The predicted molar refractivity (Wildman–Crippen MR) is 81.2 cm³/mol. The average Bonchev–Trinajstić information content (AvgIpc) is 2.35. The molecular weight excluding hydrogens is 238 g/mol. The van der Waals surface area contributed by atoms with Crippen LogP contribution in [0, 0.1) is 5.92 Å². The number of hydrogen-bond donors (Lipinski definition) is 1. The minimum atomic E-state index is -0.867. The Balaban J connectivity index is 0. The molecule has 0 fully saturated rings. The Morgan fingerprint density at radius 2 is 1.26 bits per heavy atom. The van der Waals surface area contributed by atoms with Gasteiger partial charge in [-0.2, -0.15) is 0 Å². The van der Waals surface area contributed by atoms with Crippen LogP contribution in [0.4, 0.5) is 0 Å². The molecule has 1 unspecified atom stereocenters. The summed E-state index contributed by atoms with van der Waals surface area (Å²) in [4.78, 5) is 10.7. The van der Waals surface area contributed by atoms with Gasteiger partial charge in [-0.05, 0) is 18.8 Å². The monoisotopic (exact) mass is 273 g/mol. The van der Waals surface area contributed by atoms with Gasteiger partial charge in [-0.1, -0.05) is 78.1 Å². The maximum absolute atomic E-state index is 10.7. The van der Waals surface area contributed by atoms with Gasteiger partial charge in [-0.15, -0.1) is 0 Å². The van der Waals surface area contributed by atoms with E-state index in [1.165, 1.54) is 57.8 Å². The summed E-state index contributed by atoms with van der Waals surface area (Å²) in [6, 6.07) is 0. The van der Waals surface area contributed by atoms with Gasteiger partial charge in [0.05, 0.1) is 0 Å². The number of carboxylic acids is 1. The van der Waals surface area contributed by atoms with Crippen molar-refractivity contribution in [3.8, 4) is 0 Å². The first-order valence-corrected chi connectivity index (χ1v) is 7.93. The number of aliphatic carboxylic acids is 1. The van der Waals surface area contributed by atoms with Crippen molar-refractivity contribution in [1.82, 2.24) is 6.15 Å². The Hall–Kier alpha value is -0.570. The number of unbranched alkanes of at least 4 members (excludes halogenated alkanes) is 9. The lowest BCUT2D eigenvalue weighted by molar-refractivity contribution is -0.311. The Labute approximate surface area is 119 Å². The van der Waals surface area contributed by atoms with E-state index in [2.05, 4.69) is 6.92 Å². The maximum Gasteiger partial charge on any atom is 0.0445 e. The molecule has 0 amide bonds. The summed E-state index contributed by atoms with van der Waals surface area (Å²) in [5.74, 6) is -1.09. The van der Waals surface area contributed by atoms with Gasteiger partial charge in [0.15, 0.2) is 0 Å². The lowest BCUT2D eigenvalue weighted by atomic mass is 9.98. The largest absolute Gasteiger partial charge is 0.550 e. The van der Waals surface area contributed by atoms with Gasteiger partial charge in [0.1, 0.15) is 0 Å². The van der Waals surface area contributed by atoms with Crippen LogP contribution in [0.25, 0.3) is 0 Å². The molecule has 1 atom stereocenters. The first kappa shape index (κ1) is 20.7. The van der Waals surface area contributed by atoms with Gasteiger partial charge in [-0.3, -0.25) is 0 Å². The van der Waals surface area contributed by atoms with Crippen molar-refractivity contribution in [2.24, 2.45) is 5.92 Å². The Bertz CT molecular complexity index is 195. The van der Waals surface area contributed by atoms with E-state index in [4.69, 9.17) is 0 Å². The SMILES string of the molecule is CCCCCCCCCCCCC(CC)C(=O)[O-].[NH4+]. The molecular formula is C16H35NO2. The maximum atomic E-state index is 10.7. The molecule has 0 aromatic heterocycles. The highest BCUT2D eigenvalue weighted by Gasteiger charge is 2.06. The van der Waals surface area contributed by atoms with Crippen molar-refractivity contribution < 1.29 is 9.90 Å². The molecule has 0 bridgehead atoms. The molecule has 3 nitrogen and oxygen atoms in total. The molecule has 4 N–H and O–H groups in total. The Morgan fingerprint density at radius 3 is 1.63 bits per heavy atom. The minimum absolute atomic E-state index is 0. The summed E-state index contributed by atoms with van der Waals surface area (Å²) in [6.45, 7) is 4.17. The summed E-state index contributed by atoms with van der Waals surface area (Å²) in [7, 11) is 0. The average molecular weight is 273 g/mol. The normalized spacial score (nSPS) is 11.9. The summed E-state index contributed by atoms with van der Waals surface area (Å²) in [6.07, 6.45) is 14.5. The van der Waals surface area contributed by atoms with Crippen LogP contribution in [-0.4, -0.2) is 5.97 Å². The van der Waals surface area contributed by atoms with E-state index >= 15 is 0 Å². The number of rotatable bonds is 13. The first-order valence-electron chi connectivity index (χ1n) is 7.93. The van der Waals surface area contributed by atoms with E-state index in [0.29, 0.717) is 6.42 Å². The Morgan fingerprint density at radius 1 is 0.842 bits per heavy atom. The van der Waals surface area contributed by atoms with E-state index in [-0.39, 0.29) is 12.1 Å². The van der Waals surface area contributed by atoms with Crippen molar-refractivity contribution in [1.29, 1.82) is 0 Å². The third kappa shape index (κ3) is 13.7. The van der Waals surface area contributed by atoms with Crippen LogP contribution in [0.5, 0.6) is 0 Å². The number of hydrogen-bond acceptors (Lipinski definition) is 2. The smallest absolute Gasteiger partial charge is 0.0445 e. The van der Waals surface area contributed by atoms with E-state index in [1.807, 2.05) is 6.92 Å². The highest BCUT2D eigenvalue weighted by Crippen LogP contribution is 2.15. The molecule has 0 saturated heterocycles. The van der Waals surface area contributed by atoms with Gasteiger partial charge < -0.3 is 16.1 Å². The van der Waals surface area contributed by atoms with Gasteiger partial charge in [-0.25, -0.2) is 0 Å². The van der Waals surface area contributed by atoms with E-state index in [0.717, 1.165) is 12.8 Å². The highest BCUT2D eigenvalue weighted by molar-refractivity contribution is 5.67. The van der Waals surface area contributed by atoms with Crippen molar-refractivity contribution in [2.45, 2.75) is 90.9 Å². The number of carbonyl (C=O) groups excluding carboxylic acids is 1. The van der Waals surface area contributed by atoms with Crippen molar-refractivity contribution in [3.63, 3.8) is 0 Å². The lowest BCUT2D eigenvalue weighted by Crippen LogP contribution is -2.30. The molecule has 0 aliphatic carbocycles. The molecule has 0 radical (unpaired) electrons. The molecule has 0 saturated carbocycles. The van der Waals surface area contributed by atoms with Crippen LogP contribution in [0.15, 0.2) is 0 Å². The number of carboxylic acid groups (broad SMARTS) is 1. The Kier molecular flexibility index (Phi) is 16.9. The fourth-order valence-electron chi connectivity index (χ4n) is 2.37. The molecule has 0 spiro atoms. The molecule has 116 valence electrons. The number of carbonyl (C=O) groups is 1. The van der Waals surface area contributed by atoms with Crippen LogP contribution >= 0.6 is 0 Å². The van der Waals surface area contributed by atoms with Gasteiger partial charge in [0.2, 0.25) is 0 Å². The zero-order valence-electron chi connectivity index (χ0n) is 13.4. The molecule has 0 aliphatic rings. The predicted octanol–water partition coefficient (Wildman–Crippen LogP) is 4.45. The van der Waals surface area contributed by atoms with Crippen molar-refractivity contribution in [2.75, 3.05) is 0 Å². The summed E-state index contributed by atoms with van der Waals surface area (Å²) in [5.41, 5.74) is 0. The standard InChI is InChI=1S/C16H32O2.H3N/c1-3-5-6-7-8-9-10-11-12-13-14-15(4-2)16(17)18;/h15H,3-14H2,1-2H3,(H,17,18);1H3. The van der Waals surface area contributed by atoms with Crippen LogP contribution in [-0.2, 0) is 4.79 Å². The lowest BCUT2D eigenvalue weighted by Gasteiger charge is -2.15. The topological polar surface area (TPSA) is 76.6 Å². The van der Waals surface area contributed by atoms with Crippen molar-refractivity contribution in [3.05, 3.63) is 0 Å². The van der Waals surface area contributed by atoms with Gasteiger partial charge >= 0.3 is 0 Å². The van der Waals surface area contributed by atoms with Crippen molar-refractivity contribution >= 4 is 5.97 Å². The molecule has 0 aliphatic heterocycles. The van der Waals surface area contributed by atoms with E-state index in [9.17, 15) is 9.90 Å². The van der Waals surface area contributed by atoms with Gasteiger partial charge in [0, 0.05) is 5.97 Å². The molecule has 19 heavy (non-hydrogen) atoms. The summed E-state index contributed by atoms with van der Waals surface area (Å²) in [5, 5.41) is 10.7. The fraction of sp³-hybridized carbons (Fsp3) is 0.938.